The predicted molar refractivity (Wildman–Crippen MR) is 78.4 cm³/mol. The highest BCUT2D eigenvalue weighted by Gasteiger charge is 2.40. The van der Waals surface area contributed by atoms with Crippen molar-refractivity contribution in [3.05, 3.63) is 29.3 Å². The summed E-state index contributed by atoms with van der Waals surface area (Å²) in [5, 5.41) is 3.02. The van der Waals surface area contributed by atoms with E-state index in [1.54, 1.807) is 6.07 Å². The van der Waals surface area contributed by atoms with Gasteiger partial charge in [-0.1, -0.05) is 26.0 Å². The van der Waals surface area contributed by atoms with Crippen LogP contribution in [0.4, 0.5) is 18.9 Å². The lowest BCUT2D eigenvalue weighted by Crippen LogP contribution is -2.25. The zero-order chi connectivity index (χ0) is 15.3. The van der Waals surface area contributed by atoms with Crippen molar-refractivity contribution >= 4 is 5.69 Å². The summed E-state index contributed by atoms with van der Waals surface area (Å²) in [6, 6.07) is 4.60. The summed E-state index contributed by atoms with van der Waals surface area (Å²) in [5.41, 5.74) is 1.06. The highest BCUT2D eigenvalue weighted by Crippen LogP contribution is 2.49. The van der Waals surface area contributed by atoms with Gasteiger partial charge < -0.3 is 5.32 Å². The third-order valence-electron chi connectivity index (χ3n) is 5.25. The largest absolute Gasteiger partial charge is 0.418 e. The third-order valence-corrected chi connectivity index (χ3v) is 5.25. The average molecular weight is 297 g/mol. The Morgan fingerprint density at radius 2 is 1.81 bits per heavy atom. The molecule has 1 aromatic carbocycles. The number of alkyl halides is 3. The van der Waals surface area contributed by atoms with Crippen molar-refractivity contribution in [1.82, 2.24) is 0 Å². The van der Waals surface area contributed by atoms with E-state index in [0.29, 0.717) is 23.6 Å². The number of fused-ring (bicyclic) bond motifs is 1. The van der Waals surface area contributed by atoms with Crippen molar-refractivity contribution in [2.24, 2.45) is 11.3 Å². The van der Waals surface area contributed by atoms with E-state index < -0.39 is 11.7 Å². The van der Waals surface area contributed by atoms with Gasteiger partial charge in [-0.15, -0.1) is 0 Å². The minimum atomic E-state index is -4.28. The second-order valence-electron chi connectivity index (χ2n) is 7.26. The Morgan fingerprint density at radius 1 is 1.14 bits per heavy atom. The van der Waals surface area contributed by atoms with Crippen LogP contribution in [0.2, 0.25) is 0 Å². The van der Waals surface area contributed by atoms with Gasteiger partial charge in [0.25, 0.3) is 0 Å². The fraction of sp³-hybridized carbons (Fsp3) is 0.647. The number of rotatable bonds is 1. The Balaban J connectivity index is 1.85. The van der Waals surface area contributed by atoms with Crippen molar-refractivity contribution < 1.29 is 13.2 Å². The molecule has 1 N–H and O–H groups in total. The van der Waals surface area contributed by atoms with Gasteiger partial charge in [0.2, 0.25) is 0 Å². The normalized spacial score (nSPS) is 25.5. The van der Waals surface area contributed by atoms with E-state index in [2.05, 4.69) is 19.2 Å². The zero-order valence-corrected chi connectivity index (χ0v) is 12.6. The molecule has 0 amide bonds. The molecule has 1 fully saturated rings. The monoisotopic (exact) mass is 297 g/mol. The van der Waals surface area contributed by atoms with Gasteiger partial charge in [-0.2, -0.15) is 13.2 Å². The molecule has 1 saturated carbocycles. The van der Waals surface area contributed by atoms with Gasteiger partial charge in [0.05, 0.1) is 5.56 Å². The lowest BCUT2D eigenvalue weighted by molar-refractivity contribution is -0.136. The van der Waals surface area contributed by atoms with Crippen LogP contribution in [0.25, 0.3) is 0 Å². The van der Waals surface area contributed by atoms with E-state index >= 15 is 0 Å². The maximum Gasteiger partial charge on any atom is 0.418 e. The van der Waals surface area contributed by atoms with Gasteiger partial charge in [0, 0.05) is 18.2 Å². The minimum absolute atomic E-state index is 0.235. The number of anilines is 1. The SMILES string of the molecule is CC1(C)CCC(C2CNc3c2cccc3C(F)(F)F)CC1. The number of para-hydroxylation sites is 1. The van der Waals surface area contributed by atoms with Gasteiger partial charge in [-0.3, -0.25) is 0 Å². The molecule has 4 heteroatoms. The number of nitrogens with one attached hydrogen (secondary N) is 1. The van der Waals surface area contributed by atoms with Gasteiger partial charge in [-0.25, -0.2) is 0 Å². The summed E-state index contributed by atoms with van der Waals surface area (Å²) in [7, 11) is 0. The molecule has 0 radical (unpaired) electrons. The van der Waals surface area contributed by atoms with Gasteiger partial charge in [0.1, 0.15) is 0 Å². The molecule has 116 valence electrons. The number of hydrogen-bond acceptors (Lipinski definition) is 1. The molecule has 0 aromatic heterocycles. The molecule has 1 aliphatic carbocycles. The molecule has 0 saturated heterocycles. The van der Waals surface area contributed by atoms with E-state index in [1.807, 2.05) is 6.07 Å². The molecule has 21 heavy (non-hydrogen) atoms. The molecule has 1 aromatic rings. The molecule has 1 atom stereocenters. The molecule has 3 rings (SSSR count). The van der Waals surface area contributed by atoms with Crippen LogP contribution < -0.4 is 5.32 Å². The van der Waals surface area contributed by atoms with Gasteiger partial charge in [0.15, 0.2) is 0 Å². The Bertz CT molecular complexity index is 523. The Hall–Kier alpha value is -1.19. The van der Waals surface area contributed by atoms with Crippen LogP contribution in [-0.4, -0.2) is 6.54 Å². The van der Waals surface area contributed by atoms with Crippen LogP contribution in [0.3, 0.4) is 0 Å². The highest BCUT2D eigenvalue weighted by atomic mass is 19.4. The molecular formula is C17H22F3N. The molecule has 2 aliphatic rings. The summed E-state index contributed by atoms with van der Waals surface area (Å²) < 4.78 is 39.2. The van der Waals surface area contributed by atoms with Crippen molar-refractivity contribution in [3.8, 4) is 0 Å². The molecule has 0 bridgehead atoms. The van der Waals surface area contributed by atoms with Gasteiger partial charge >= 0.3 is 6.18 Å². The molecule has 0 spiro atoms. The molecule has 1 heterocycles. The first-order valence-corrected chi connectivity index (χ1v) is 7.72. The number of hydrogen-bond donors (Lipinski definition) is 1. The average Bonchev–Trinajstić information content (AvgIpc) is 2.81. The van der Waals surface area contributed by atoms with E-state index in [1.165, 1.54) is 18.9 Å². The minimum Gasteiger partial charge on any atom is -0.384 e. The number of benzene rings is 1. The number of halogens is 3. The van der Waals surface area contributed by atoms with E-state index in [0.717, 1.165) is 18.4 Å². The van der Waals surface area contributed by atoms with E-state index in [9.17, 15) is 13.2 Å². The summed E-state index contributed by atoms with van der Waals surface area (Å²) in [6.45, 7) is 5.21. The fourth-order valence-electron chi connectivity index (χ4n) is 3.88. The predicted octanol–water partition coefficient (Wildman–Crippen LogP) is 5.43. The lowest BCUT2D eigenvalue weighted by atomic mass is 9.68. The zero-order valence-electron chi connectivity index (χ0n) is 12.6. The van der Waals surface area contributed by atoms with Crippen LogP contribution in [0.5, 0.6) is 0 Å². The topological polar surface area (TPSA) is 12.0 Å². The standard InChI is InChI=1S/C17H22F3N/c1-16(2)8-6-11(7-9-16)13-10-21-15-12(13)4-3-5-14(15)17(18,19)20/h3-5,11,13,21H,6-10H2,1-2H3. The summed E-state index contributed by atoms with van der Waals surface area (Å²) in [5.74, 6) is 0.744. The van der Waals surface area contributed by atoms with Crippen LogP contribution in [0, 0.1) is 11.3 Å². The summed E-state index contributed by atoms with van der Waals surface area (Å²) in [6.07, 6.45) is 0.302. The quantitative estimate of drug-likeness (QED) is 0.728. The maximum atomic E-state index is 13.1. The first-order chi connectivity index (χ1) is 9.78. The second kappa shape index (κ2) is 4.92. The first kappa shape index (κ1) is 14.7. The Kier molecular flexibility index (Phi) is 3.45. The molecule has 1 aliphatic heterocycles. The van der Waals surface area contributed by atoms with Crippen LogP contribution in [-0.2, 0) is 6.18 Å². The smallest absolute Gasteiger partial charge is 0.384 e. The van der Waals surface area contributed by atoms with Crippen LogP contribution in [0.1, 0.15) is 56.6 Å². The highest BCUT2D eigenvalue weighted by molar-refractivity contribution is 5.64. The first-order valence-electron chi connectivity index (χ1n) is 7.72. The van der Waals surface area contributed by atoms with Crippen molar-refractivity contribution in [2.45, 2.75) is 51.6 Å². The summed E-state index contributed by atoms with van der Waals surface area (Å²) in [4.78, 5) is 0. The van der Waals surface area contributed by atoms with Crippen LogP contribution in [0.15, 0.2) is 18.2 Å². The Morgan fingerprint density at radius 3 is 2.43 bits per heavy atom. The van der Waals surface area contributed by atoms with E-state index in [4.69, 9.17) is 0 Å². The van der Waals surface area contributed by atoms with Gasteiger partial charge in [-0.05, 0) is 48.6 Å². The van der Waals surface area contributed by atoms with E-state index in [-0.39, 0.29) is 5.92 Å². The molecule has 1 unspecified atom stereocenters. The van der Waals surface area contributed by atoms with Crippen molar-refractivity contribution in [1.29, 1.82) is 0 Å². The third kappa shape index (κ3) is 2.77. The van der Waals surface area contributed by atoms with Crippen molar-refractivity contribution in [2.75, 3.05) is 11.9 Å². The van der Waals surface area contributed by atoms with Crippen LogP contribution >= 0.6 is 0 Å². The second-order valence-corrected chi connectivity index (χ2v) is 7.26. The lowest BCUT2D eigenvalue weighted by Gasteiger charge is -2.37. The van der Waals surface area contributed by atoms with Crippen molar-refractivity contribution in [3.63, 3.8) is 0 Å². The molecular weight excluding hydrogens is 275 g/mol. The Labute approximate surface area is 123 Å². The summed E-state index contributed by atoms with van der Waals surface area (Å²) >= 11 is 0. The maximum absolute atomic E-state index is 13.1. The molecule has 1 nitrogen and oxygen atoms in total. The fourth-order valence-corrected chi connectivity index (χ4v) is 3.88.